The summed E-state index contributed by atoms with van der Waals surface area (Å²) in [5, 5.41) is 9.07. The number of carbonyl (C=O) groups is 2. The first-order valence-corrected chi connectivity index (χ1v) is 5.85. The molecule has 0 heterocycles. The van der Waals surface area contributed by atoms with E-state index in [1.54, 1.807) is 34.6 Å². The van der Waals surface area contributed by atoms with Gasteiger partial charge < -0.3 is 14.6 Å². The minimum Gasteiger partial charge on any atom is -0.480 e. The summed E-state index contributed by atoms with van der Waals surface area (Å²) in [5.41, 5.74) is -0.659. The van der Waals surface area contributed by atoms with Gasteiger partial charge in [0.15, 0.2) is 6.04 Å². The predicted octanol–water partition coefficient (Wildman–Crippen LogP) is 1.73. The largest absolute Gasteiger partial charge is 0.480 e. The lowest BCUT2D eigenvalue weighted by molar-refractivity contribution is -0.145. The van der Waals surface area contributed by atoms with Crippen LogP contribution in [0, 0.1) is 0 Å². The number of carbonyl (C=O) groups excluding carboxylic acids is 1. The molecule has 0 bridgehead atoms. The summed E-state index contributed by atoms with van der Waals surface area (Å²) >= 11 is 0. The molecular formula is C12H23NO5. The van der Waals surface area contributed by atoms with Crippen LogP contribution in [0.2, 0.25) is 0 Å². The Hall–Kier alpha value is -1.30. The molecule has 1 N–H and O–H groups in total. The van der Waals surface area contributed by atoms with Crippen molar-refractivity contribution >= 4 is 12.1 Å². The van der Waals surface area contributed by atoms with Gasteiger partial charge in [0.2, 0.25) is 0 Å². The molecule has 106 valence electrons. The summed E-state index contributed by atoms with van der Waals surface area (Å²) in [6, 6.07) is -1.05. The van der Waals surface area contributed by atoms with Crippen LogP contribution < -0.4 is 0 Å². The molecule has 18 heavy (non-hydrogen) atoms. The van der Waals surface area contributed by atoms with Crippen LogP contribution in [0.3, 0.4) is 0 Å². The maximum Gasteiger partial charge on any atom is 0.410 e. The maximum atomic E-state index is 11.7. The molecule has 0 aromatic carbocycles. The van der Waals surface area contributed by atoms with E-state index >= 15 is 0 Å². The fraction of sp³-hybridized carbons (Fsp3) is 0.833. The van der Waals surface area contributed by atoms with Gasteiger partial charge in [-0.25, -0.2) is 9.59 Å². The zero-order valence-corrected chi connectivity index (χ0v) is 11.9. The number of aliphatic carboxylic acids is 1. The van der Waals surface area contributed by atoms with Crippen LogP contribution in [0.25, 0.3) is 0 Å². The van der Waals surface area contributed by atoms with Gasteiger partial charge in [-0.1, -0.05) is 0 Å². The van der Waals surface area contributed by atoms with Crippen LogP contribution in [0.5, 0.6) is 0 Å². The lowest BCUT2D eigenvalue weighted by atomic mass is 10.2. The first-order chi connectivity index (χ1) is 8.04. The number of nitrogens with zero attached hydrogens (tertiary/aromatic N) is 1. The summed E-state index contributed by atoms with van der Waals surface area (Å²) in [6.07, 6.45) is -0.777. The maximum absolute atomic E-state index is 11.7. The molecule has 0 fully saturated rings. The Kier molecular flexibility index (Phi) is 6.11. The lowest BCUT2D eigenvalue weighted by Crippen LogP contribution is -2.47. The first-order valence-electron chi connectivity index (χ1n) is 5.85. The van der Waals surface area contributed by atoms with E-state index in [9.17, 15) is 9.59 Å². The fourth-order valence-corrected chi connectivity index (χ4v) is 1.09. The van der Waals surface area contributed by atoms with Gasteiger partial charge in [0.1, 0.15) is 5.60 Å². The Balaban J connectivity index is 4.61. The zero-order valence-electron chi connectivity index (χ0n) is 11.9. The Labute approximate surface area is 108 Å². The Morgan fingerprint density at radius 3 is 2.11 bits per heavy atom. The fourth-order valence-electron chi connectivity index (χ4n) is 1.09. The molecule has 0 radical (unpaired) electrons. The van der Waals surface area contributed by atoms with Crippen molar-refractivity contribution in [1.82, 2.24) is 4.90 Å². The van der Waals surface area contributed by atoms with E-state index in [1.807, 2.05) is 0 Å². The van der Waals surface area contributed by atoms with Gasteiger partial charge in [-0.2, -0.15) is 0 Å². The number of amides is 1. The van der Waals surface area contributed by atoms with Crippen LogP contribution in [-0.2, 0) is 14.3 Å². The first kappa shape index (κ1) is 16.7. The van der Waals surface area contributed by atoms with E-state index in [0.717, 1.165) is 4.90 Å². The molecular weight excluding hydrogens is 238 g/mol. The summed E-state index contributed by atoms with van der Waals surface area (Å²) in [7, 11) is 1.39. The summed E-state index contributed by atoms with van der Waals surface area (Å²) < 4.78 is 10.3. The molecule has 0 aromatic heterocycles. The average Bonchev–Trinajstić information content (AvgIpc) is 2.13. The predicted molar refractivity (Wildman–Crippen MR) is 66.5 cm³/mol. The van der Waals surface area contributed by atoms with E-state index in [1.165, 1.54) is 7.05 Å². The van der Waals surface area contributed by atoms with Crippen LogP contribution in [0.4, 0.5) is 4.79 Å². The Bertz CT molecular complexity index is 295. The molecule has 0 saturated carbocycles. The van der Waals surface area contributed by atoms with E-state index < -0.39 is 23.7 Å². The van der Waals surface area contributed by atoms with Gasteiger partial charge in [-0.3, -0.25) is 4.90 Å². The van der Waals surface area contributed by atoms with Crippen LogP contribution >= 0.6 is 0 Å². The molecule has 6 heteroatoms. The lowest BCUT2D eigenvalue weighted by Gasteiger charge is -2.28. The summed E-state index contributed by atoms with van der Waals surface area (Å²) in [6.45, 7) is 8.69. The molecule has 0 saturated heterocycles. The summed E-state index contributed by atoms with van der Waals surface area (Å²) in [5.74, 6) is -1.12. The third kappa shape index (κ3) is 6.44. The molecule has 1 unspecified atom stereocenters. The molecule has 1 amide bonds. The molecule has 0 rings (SSSR count). The van der Waals surface area contributed by atoms with Crippen molar-refractivity contribution in [1.29, 1.82) is 0 Å². The molecule has 0 aliphatic rings. The van der Waals surface area contributed by atoms with Gasteiger partial charge in [0.25, 0.3) is 0 Å². The quantitative estimate of drug-likeness (QED) is 0.815. The van der Waals surface area contributed by atoms with Crippen molar-refractivity contribution in [3.63, 3.8) is 0 Å². The number of carboxylic acids is 1. The van der Waals surface area contributed by atoms with Gasteiger partial charge in [0, 0.05) is 7.05 Å². The van der Waals surface area contributed by atoms with Crippen molar-refractivity contribution in [2.24, 2.45) is 0 Å². The second-order valence-electron chi connectivity index (χ2n) is 5.33. The van der Waals surface area contributed by atoms with Gasteiger partial charge in [-0.15, -0.1) is 0 Å². The topological polar surface area (TPSA) is 76.1 Å². The third-order valence-corrected chi connectivity index (χ3v) is 2.02. The smallest absolute Gasteiger partial charge is 0.410 e. The number of hydrogen-bond acceptors (Lipinski definition) is 4. The highest BCUT2D eigenvalue weighted by Gasteiger charge is 2.30. The monoisotopic (exact) mass is 261 g/mol. The van der Waals surface area contributed by atoms with Crippen molar-refractivity contribution in [3.8, 4) is 0 Å². The zero-order chi connectivity index (χ0) is 14.5. The normalized spacial score (nSPS) is 13.3. The number of ether oxygens (including phenoxy) is 2. The summed E-state index contributed by atoms with van der Waals surface area (Å²) in [4.78, 5) is 23.9. The van der Waals surface area contributed by atoms with E-state index in [0.29, 0.717) is 0 Å². The van der Waals surface area contributed by atoms with E-state index in [-0.39, 0.29) is 12.7 Å². The average molecular weight is 261 g/mol. The van der Waals surface area contributed by atoms with Crippen molar-refractivity contribution < 1.29 is 24.2 Å². The molecule has 6 nitrogen and oxygen atoms in total. The Morgan fingerprint density at radius 2 is 1.78 bits per heavy atom. The minimum absolute atomic E-state index is 0.0667. The van der Waals surface area contributed by atoms with Gasteiger partial charge in [0.05, 0.1) is 12.7 Å². The van der Waals surface area contributed by atoms with Crippen LogP contribution in [0.1, 0.15) is 34.6 Å². The molecule has 0 aliphatic carbocycles. The molecule has 0 aliphatic heterocycles. The van der Waals surface area contributed by atoms with E-state index in [4.69, 9.17) is 14.6 Å². The standard InChI is InChI=1S/C12H23NO5/c1-8(2)17-7-9(10(14)15)13(6)11(16)18-12(3,4)5/h8-9H,7H2,1-6H3,(H,14,15). The molecule has 0 aromatic rings. The van der Waals surface area contributed by atoms with E-state index in [2.05, 4.69) is 0 Å². The Morgan fingerprint density at radius 1 is 1.28 bits per heavy atom. The highest BCUT2D eigenvalue weighted by molar-refractivity contribution is 5.80. The highest BCUT2D eigenvalue weighted by Crippen LogP contribution is 2.11. The van der Waals surface area contributed by atoms with Gasteiger partial charge in [-0.05, 0) is 34.6 Å². The molecule has 1 atom stereocenters. The minimum atomic E-state index is -1.12. The van der Waals surface area contributed by atoms with Gasteiger partial charge >= 0.3 is 12.1 Å². The van der Waals surface area contributed by atoms with Crippen molar-refractivity contribution in [2.45, 2.75) is 52.4 Å². The SMILES string of the molecule is CC(C)OCC(C(=O)O)N(C)C(=O)OC(C)(C)C. The van der Waals surface area contributed by atoms with Crippen molar-refractivity contribution in [3.05, 3.63) is 0 Å². The number of hydrogen-bond donors (Lipinski definition) is 1. The third-order valence-electron chi connectivity index (χ3n) is 2.02. The second-order valence-corrected chi connectivity index (χ2v) is 5.33. The molecule has 0 spiro atoms. The number of rotatable bonds is 5. The highest BCUT2D eigenvalue weighted by atomic mass is 16.6. The number of carboxylic acid groups (broad SMARTS) is 1. The second kappa shape index (κ2) is 6.58. The number of likely N-dealkylation sites (N-methyl/N-ethyl adjacent to an activating group) is 1. The van der Waals surface area contributed by atoms with Crippen molar-refractivity contribution in [2.75, 3.05) is 13.7 Å². The van der Waals surface area contributed by atoms with Crippen LogP contribution in [-0.4, -0.2) is 53.5 Å². The van der Waals surface area contributed by atoms with Crippen LogP contribution in [0.15, 0.2) is 0 Å².